The third kappa shape index (κ3) is 3.27. The highest BCUT2D eigenvalue weighted by Gasteiger charge is 2.40. The van der Waals surface area contributed by atoms with Gasteiger partial charge in [-0.05, 0) is 35.8 Å². The number of methoxy groups -OCH3 is 2. The number of hydrogen-bond donors (Lipinski definition) is 0. The summed E-state index contributed by atoms with van der Waals surface area (Å²) >= 11 is 0. The van der Waals surface area contributed by atoms with Crippen LogP contribution in [0.5, 0.6) is 11.5 Å². The fourth-order valence-corrected chi connectivity index (χ4v) is 2.69. The second kappa shape index (κ2) is 6.00. The van der Waals surface area contributed by atoms with E-state index in [4.69, 9.17) is 14.0 Å². The van der Waals surface area contributed by atoms with Crippen LogP contribution in [-0.4, -0.2) is 34.0 Å². The summed E-state index contributed by atoms with van der Waals surface area (Å²) < 4.78 is 16.4. The van der Waals surface area contributed by atoms with Crippen LogP contribution in [0.3, 0.4) is 0 Å². The molecule has 0 unspecified atom stereocenters. The van der Waals surface area contributed by atoms with Crippen molar-refractivity contribution in [2.75, 3.05) is 14.2 Å². The minimum absolute atomic E-state index is 0.0397. The minimum atomic E-state index is -2.03. The van der Waals surface area contributed by atoms with Crippen molar-refractivity contribution in [2.24, 2.45) is 5.16 Å². The lowest BCUT2D eigenvalue weighted by Gasteiger charge is -2.33. The first-order chi connectivity index (χ1) is 10.6. The van der Waals surface area contributed by atoms with Crippen LogP contribution in [0, 0.1) is 0 Å². The predicted octanol–water partition coefficient (Wildman–Crippen LogP) is 3.82. The number of carbonyl (C=O) groups excluding carboxylic acids is 1. The fourth-order valence-electron chi connectivity index (χ4n) is 2.07. The molecule has 0 radical (unpaired) electrons. The SMILES string of the molecule is COc1cc2c(cc1OC)C(=O)/C(=N/O[Si](C)(C)C(C)(C)C)C2. The maximum atomic E-state index is 12.5. The Morgan fingerprint density at radius 1 is 1.09 bits per heavy atom. The molecule has 0 saturated heterocycles. The van der Waals surface area contributed by atoms with E-state index in [1.807, 2.05) is 6.07 Å². The average molecular weight is 335 g/mol. The number of Topliss-reactive ketones (excluding diaryl/α,β-unsaturated/α-hetero) is 1. The summed E-state index contributed by atoms with van der Waals surface area (Å²) in [5.74, 6) is 1.07. The largest absolute Gasteiger partial charge is 0.493 e. The van der Waals surface area contributed by atoms with E-state index in [9.17, 15) is 4.79 Å². The van der Waals surface area contributed by atoms with Crippen molar-refractivity contribution in [1.82, 2.24) is 0 Å². The zero-order valence-corrected chi connectivity index (χ0v) is 15.9. The van der Waals surface area contributed by atoms with E-state index in [-0.39, 0.29) is 10.8 Å². The Bertz CT molecular complexity index is 659. The lowest BCUT2D eigenvalue weighted by atomic mass is 10.1. The van der Waals surface area contributed by atoms with E-state index in [2.05, 4.69) is 39.0 Å². The number of ether oxygens (including phenoxy) is 2. The van der Waals surface area contributed by atoms with Gasteiger partial charge in [0, 0.05) is 12.0 Å². The van der Waals surface area contributed by atoms with Gasteiger partial charge in [-0.15, -0.1) is 5.16 Å². The number of rotatable bonds is 4. The van der Waals surface area contributed by atoms with Gasteiger partial charge in [-0.1, -0.05) is 20.8 Å². The van der Waals surface area contributed by atoms with E-state index >= 15 is 0 Å². The van der Waals surface area contributed by atoms with E-state index in [0.29, 0.717) is 29.2 Å². The van der Waals surface area contributed by atoms with Gasteiger partial charge in [0.25, 0.3) is 8.32 Å². The summed E-state index contributed by atoms with van der Waals surface area (Å²) in [6.07, 6.45) is 0.461. The van der Waals surface area contributed by atoms with E-state index in [0.717, 1.165) is 5.56 Å². The van der Waals surface area contributed by atoms with Gasteiger partial charge in [0.05, 0.1) is 14.2 Å². The first-order valence-corrected chi connectivity index (χ1v) is 10.6. The Balaban J connectivity index is 2.29. The zero-order valence-electron chi connectivity index (χ0n) is 14.9. The molecular formula is C17H25NO4Si. The molecule has 0 aromatic heterocycles. The standard InChI is InChI=1S/C17H25NO4Si/c1-17(2,3)23(6,7)22-18-13-8-11-9-14(20-4)15(21-5)10-12(11)16(13)19/h9-10H,8H2,1-7H3/b18-13+. The Morgan fingerprint density at radius 2 is 1.65 bits per heavy atom. The number of hydrogen-bond acceptors (Lipinski definition) is 5. The molecule has 0 bridgehead atoms. The highest BCUT2D eigenvalue weighted by atomic mass is 28.4. The van der Waals surface area contributed by atoms with Crippen molar-refractivity contribution < 1.29 is 18.8 Å². The van der Waals surface area contributed by atoms with Crippen LogP contribution in [-0.2, 0) is 10.9 Å². The minimum Gasteiger partial charge on any atom is -0.493 e. The number of oxime groups is 1. The third-order valence-electron chi connectivity index (χ3n) is 4.66. The van der Waals surface area contributed by atoms with Crippen molar-refractivity contribution in [2.45, 2.75) is 45.3 Å². The van der Waals surface area contributed by atoms with Crippen molar-refractivity contribution >= 4 is 19.8 Å². The van der Waals surface area contributed by atoms with Crippen molar-refractivity contribution in [3.8, 4) is 11.5 Å². The lowest BCUT2D eigenvalue weighted by Crippen LogP contribution is -2.39. The molecule has 126 valence electrons. The lowest BCUT2D eigenvalue weighted by molar-refractivity contribution is 0.106. The second-order valence-electron chi connectivity index (χ2n) is 7.26. The molecule has 0 atom stereocenters. The van der Waals surface area contributed by atoms with E-state index in [1.165, 1.54) is 0 Å². The van der Waals surface area contributed by atoms with Crippen LogP contribution in [0.15, 0.2) is 17.3 Å². The van der Waals surface area contributed by atoms with E-state index < -0.39 is 8.32 Å². The Morgan fingerprint density at radius 3 is 2.17 bits per heavy atom. The van der Waals surface area contributed by atoms with Gasteiger partial charge in [-0.2, -0.15) is 0 Å². The van der Waals surface area contributed by atoms with Crippen LogP contribution in [0.25, 0.3) is 0 Å². The molecule has 0 N–H and O–H groups in total. The molecule has 6 heteroatoms. The van der Waals surface area contributed by atoms with Gasteiger partial charge in [0.1, 0.15) is 5.71 Å². The highest BCUT2D eigenvalue weighted by Crippen LogP contribution is 2.37. The monoisotopic (exact) mass is 335 g/mol. The summed E-state index contributed by atoms with van der Waals surface area (Å²) in [7, 11) is 1.10. The summed E-state index contributed by atoms with van der Waals surface area (Å²) in [6.45, 7) is 10.6. The first-order valence-electron chi connectivity index (χ1n) is 7.65. The smallest absolute Gasteiger partial charge is 0.286 e. The van der Waals surface area contributed by atoms with Gasteiger partial charge < -0.3 is 14.0 Å². The topological polar surface area (TPSA) is 57.1 Å². The molecule has 1 aromatic carbocycles. The van der Waals surface area contributed by atoms with Crippen LogP contribution in [0.1, 0.15) is 36.7 Å². The quantitative estimate of drug-likeness (QED) is 0.620. The molecule has 0 fully saturated rings. The van der Waals surface area contributed by atoms with Crippen LogP contribution in [0.2, 0.25) is 18.1 Å². The fraction of sp³-hybridized carbons (Fsp3) is 0.529. The van der Waals surface area contributed by atoms with Gasteiger partial charge >= 0.3 is 0 Å². The highest BCUT2D eigenvalue weighted by molar-refractivity contribution is 6.74. The van der Waals surface area contributed by atoms with Gasteiger partial charge in [0.15, 0.2) is 11.5 Å². The summed E-state index contributed by atoms with van der Waals surface area (Å²) in [4.78, 5) is 12.5. The molecule has 1 aromatic rings. The molecule has 5 nitrogen and oxygen atoms in total. The van der Waals surface area contributed by atoms with Crippen LogP contribution >= 0.6 is 0 Å². The molecule has 0 spiro atoms. The molecule has 2 rings (SSSR count). The van der Waals surface area contributed by atoms with Crippen molar-refractivity contribution in [3.63, 3.8) is 0 Å². The second-order valence-corrected chi connectivity index (χ2v) is 12.0. The van der Waals surface area contributed by atoms with Gasteiger partial charge in [0.2, 0.25) is 5.78 Å². The zero-order chi connectivity index (χ0) is 17.4. The normalized spacial score (nSPS) is 16.5. The van der Waals surface area contributed by atoms with Crippen molar-refractivity contribution in [1.29, 1.82) is 0 Å². The van der Waals surface area contributed by atoms with Crippen LogP contribution in [0.4, 0.5) is 0 Å². The Hall–Kier alpha value is -1.82. The molecule has 1 aliphatic rings. The Kier molecular flexibility index (Phi) is 4.57. The third-order valence-corrected chi connectivity index (χ3v) is 8.82. The molecule has 0 saturated carbocycles. The van der Waals surface area contributed by atoms with E-state index in [1.54, 1.807) is 20.3 Å². The summed E-state index contributed by atoms with van der Waals surface area (Å²) in [5.41, 5.74) is 1.95. The number of ketones is 1. The molecular weight excluding hydrogens is 310 g/mol. The summed E-state index contributed by atoms with van der Waals surface area (Å²) in [5, 5.41) is 4.25. The molecule has 0 heterocycles. The molecule has 0 aliphatic heterocycles. The number of benzene rings is 1. The molecule has 1 aliphatic carbocycles. The number of nitrogens with zero attached hydrogens (tertiary/aromatic N) is 1. The maximum Gasteiger partial charge on any atom is 0.286 e. The maximum absolute atomic E-state index is 12.5. The Labute approximate surface area is 138 Å². The first kappa shape index (κ1) is 17.5. The number of carbonyl (C=O) groups is 1. The molecule has 23 heavy (non-hydrogen) atoms. The van der Waals surface area contributed by atoms with Crippen molar-refractivity contribution in [3.05, 3.63) is 23.3 Å². The average Bonchev–Trinajstić information content (AvgIpc) is 2.78. The number of fused-ring (bicyclic) bond motifs is 1. The van der Waals surface area contributed by atoms with Gasteiger partial charge in [-0.3, -0.25) is 4.79 Å². The van der Waals surface area contributed by atoms with Gasteiger partial charge in [-0.25, -0.2) is 0 Å². The molecule has 0 amide bonds. The summed E-state index contributed by atoms with van der Waals surface area (Å²) in [6, 6.07) is 3.55. The van der Waals surface area contributed by atoms with Crippen LogP contribution < -0.4 is 9.47 Å². The predicted molar refractivity (Wildman–Crippen MR) is 93.3 cm³/mol.